The number of hydrogen-bond acceptors (Lipinski definition) is 6. The van der Waals surface area contributed by atoms with Crippen molar-refractivity contribution in [1.82, 2.24) is 14.8 Å². The number of fused-ring (bicyclic) bond motifs is 1. The fraction of sp³-hybridized carbons (Fsp3) is 0.550. The SMILES string of the molecule is CCn1c(S[C@H](C)C(=O)N2c3ccccc3C[C@H]2C)nnc1N1CCOCC1. The molecule has 8 heteroatoms. The molecule has 0 bridgehead atoms. The number of aromatic nitrogens is 3. The second-order valence-electron chi connectivity index (χ2n) is 7.28. The first-order valence-corrected chi connectivity index (χ1v) is 10.8. The van der Waals surface area contributed by atoms with E-state index >= 15 is 0 Å². The Hall–Kier alpha value is -2.06. The summed E-state index contributed by atoms with van der Waals surface area (Å²) in [7, 11) is 0. The van der Waals surface area contributed by atoms with Crippen LogP contribution in [0.15, 0.2) is 29.4 Å². The van der Waals surface area contributed by atoms with Gasteiger partial charge in [-0.15, -0.1) is 10.2 Å². The monoisotopic (exact) mass is 401 g/mol. The summed E-state index contributed by atoms with van der Waals surface area (Å²) in [6.07, 6.45) is 0.908. The molecule has 0 aliphatic carbocycles. The Morgan fingerprint density at radius 1 is 1.29 bits per heavy atom. The highest BCUT2D eigenvalue weighted by atomic mass is 32.2. The predicted molar refractivity (Wildman–Crippen MR) is 111 cm³/mol. The molecule has 0 saturated carbocycles. The van der Waals surface area contributed by atoms with Gasteiger partial charge in [-0.1, -0.05) is 30.0 Å². The summed E-state index contributed by atoms with van der Waals surface area (Å²) in [6.45, 7) is 9.98. The van der Waals surface area contributed by atoms with Crippen LogP contribution in [0.25, 0.3) is 0 Å². The van der Waals surface area contributed by atoms with Gasteiger partial charge in [0, 0.05) is 31.4 Å². The zero-order chi connectivity index (χ0) is 19.7. The van der Waals surface area contributed by atoms with Crippen molar-refractivity contribution in [1.29, 1.82) is 0 Å². The molecule has 1 amide bonds. The van der Waals surface area contributed by atoms with Crippen molar-refractivity contribution in [3.63, 3.8) is 0 Å². The van der Waals surface area contributed by atoms with Crippen LogP contribution in [0.2, 0.25) is 0 Å². The molecule has 1 aromatic heterocycles. The zero-order valence-corrected chi connectivity index (χ0v) is 17.5. The highest BCUT2D eigenvalue weighted by molar-refractivity contribution is 8.00. The second-order valence-corrected chi connectivity index (χ2v) is 8.58. The summed E-state index contributed by atoms with van der Waals surface area (Å²) in [4.78, 5) is 17.4. The third-order valence-corrected chi connectivity index (χ3v) is 6.45. The maximum Gasteiger partial charge on any atom is 0.240 e. The van der Waals surface area contributed by atoms with Gasteiger partial charge in [0.1, 0.15) is 0 Å². The van der Waals surface area contributed by atoms with Gasteiger partial charge in [-0.05, 0) is 38.8 Å². The smallest absolute Gasteiger partial charge is 0.240 e. The second kappa shape index (κ2) is 8.13. The quantitative estimate of drug-likeness (QED) is 0.718. The number of amides is 1. The van der Waals surface area contributed by atoms with Crippen LogP contribution in [0.5, 0.6) is 0 Å². The molecular weight excluding hydrogens is 374 g/mol. The Bertz CT molecular complexity index is 849. The van der Waals surface area contributed by atoms with Crippen LogP contribution in [0.1, 0.15) is 26.3 Å². The molecule has 2 aliphatic rings. The first kappa shape index (κ1) is 19.3. The Labute approximate surface area is 170 Å². The molecule has 2 aliphatic heterocycles. The number of thioether (sulfide) groups is 1. The minimum Gasteiger partial charge on any atom is -0.378 e. The Kier molecular flexibility index (Phi) is 5.59. The third kappa shape index (κ3) is 3.51. The molecule has 2 atom stereocenters. The van der Waals surface area contributed by atoms with Crippen molar-refractivity contribution in [2.45, 2.75) is 50.2 Å². The lowest BCUT2D eigenvalue weighted by atomic mass is 10.1. The van der Waals surface area contributed by atoms with E-state index in [-0.39, 0.29) is 17.2 Å². The molecule has 1 fully saturated rings. The maximum atomic E-state index is 13.3. The molecule has 0 radical (unpaired) electrons. The van der Waals surface area contributed by atoms with Crippen LogP contribution < -0.4 is 9.80 Å². The van der Waals surface area contributed by atoms with Gasteiger partial charge in [-0.3, -0.25) is 9.36 Å². The molecule has 0 spiro atoms. The van der Waals surface area contributed by atoms with Crippen molar-refractivity contribution in [2.24, 2.45) is 0 Å². The third-order valence-electron chi connectivity index (χ3n) is 5.38. The highest BCUT2D eigenvalue weighted by Gasteiger charge is 2.34. The van der Waals surface area contributed by atoms with Gasteiger partial charge < -0.3 is 14.5 Å². The van der Waals surface area contributed by atoms with Crippen LogP contribution in [0.4, 0.5) is 11.6 Å². The number of morpholine rings is 1. The fourth-order valence-electron chi connectivity index (χ4n) is 3.95. The van der Waals surface area contributed by atoms with Gasteiger partial charge in [-0.2, -0.15) is 0 Å². The minimum absolute atomic E-state index is 0.126. The first-order chi connectivity index (χ1) is 13.6. The topological polar surface area (TPSA) is 63.5 Å². The van der Waals surface area contributed by atoms with Crippen LogP contribution in [-0.4, -0.2) is 58.3 Å². The van der Waals surface area contributed by atoms with Crippen molar-refractivity contribution in [3.8, 4) is 0 Å². The minimum atomic E-state index is -0.236. The van der Waals surface area contributed by atoms with E-state index in [2.05, 4.69) is 39.6 Å². The molecular formula is C20H27N5O2S. The summed E-state index contributed by atoms with van der Waals surface area (Å²) in [6, 6.07) is 8.37. The van der Waals surface area contributed by atoms with Gasteiger partial charge in [0.2, 0.25) is 11.9 Å². The molecule has 4 rings (SSSR count). The van der Waals surface area contributed by atoms with Gasteiger partial charge in [0.15, 0.2) is 5.16 Å². The van der Waals surface area contributed by atoms with Gasteiger partial charge >= 0.3 is 0 Å². The number of rotatable bonds is 5. The van der Waals surface area contributed by atoms with Crippen molar-refractivity contribution >= 4 is 29.3 Å². The normalized spacial score (nSPS) is 20.3. The molecule has 0 unspecified atom stereocenters. The van der Waals surface area contributed by atoms with Crippen LogP contribution in [0.3, 0.4) is 0 Å². The van der Waals surface area contributed by atoms with Crippen molar-refractivity contribution in [3.05, 3.63) is 29.8 Å². The molecule has 1 saturated heterocycles. The van der Waals surface area contributed by atoms with Gasteiger partial charge in [-0.25, -0.2) is 0 Å². The fourth-order valence-corrected chi connectivity index (χ4v) is 4.90. The van der Waals surface area contributed by atoms with Crippen LogP contribution in [-0.2, 0) is 22.5 Å². The lowest BCUT2D eigenvalue weighted by Gasteiger charge is -2.28. The highest BCUT2D eigenvalue weighted by Crippen LogP contribution is 2.35. The molecule has 0 N–H and O–H groups in total. The summed E-state index contributed by atoms with van der Waals surface area (Å²) in [5, 5.41) is 9.37. The lowest BCUT2D eigenvalue weighted by Crippen LogP contribution is -2.40. The van der Waals surface area contributed by atoms with Crippen molar-refractivity contribution in [2.75, 3.05) is 36.1 Å². The number of anilines is 2. The van der Waals surface area contributed by atoms with E-state index in [0.717, 1.165) is 42.8 Å². The maximum absolute atomic E-state index is 13.3. The number of hydrogen-bond donors (Lipinski definition) is 0. The van der Waals surface area contributed by atoms with Gasteiger partial charge in [0.25, 0.3) is 0 Å². The standard InChI is InChI=1S/C20H27N5O2S/c1-4-24-19(23-9-11-27-12-10-23)21-22-20(24)28-15(3)18(26)25-14(2)13-16-7-5-6-8-17(16)25/h5-8,14-15H,4,9-13H2,1-3H3/t14-,15-/m1/s1. The molecule has 150 valence electrons. The summed E-state index contributed by atoms with van der Waals surface area (Å²) in [5.41, 5.74) is 2.28. The predicted octanol–water partition coefficient (Wildman–Crippen LogP) is 2.59. The molecule has 2 aromatic rings. The van der Waals surface area contributed by atoms with E-state index in [0.29, 0.717) is 13.2 Å². The van der Waals surface area contributed by atoms with E-state index < -0.39 is 0 Å². The number of para-hydroxylation sites is 1. The van der Waals surface area contributed by atoms with E-state index in [1.165, 1.54) is 17.3 Å². The number of benzene rings is 1. The Morgan fingerprint density at radius 3 is 2.79 bits per heavy atom. The number of nitrogens with zero attached hydrogens (tertiary/aromatic N) is 5. The Morgan fingerprint density at radius 2 is 2.04 bits per heavy atom. The van der Waals surface area contributed by atoms with E-state index in [1.807, 2.05) is 30.0 Å². The average molecular weight is 402 g/mol. The van der Waals surface area contributed by atoms with Gasteiger partial charge in [0.05, 0.1) is 18.5 Å². The number of ether oxygens (including phenoxy) is 1. The van der Waals surface area contributed by atoms with E-state index in [1.54, 1.807) is 0 Å². The number of carbonyl (C=O) groups excluding carboxylic acids is 1. The zero-order valence-electron chi connectivity index (χ0n) is 16.7. The van der Waals surface area contributed by atoms with Crippen molar-refractivity contribution < 1.29 is 9.53 Å². The average Bonchev–Trinajstić information content (AvgIpc) is 3.27. The molecule has 28 heavy (non-hydrogen) atoms. The lowest BCUT2D eigenvalue weighted by molar-refractivity contribution is -0.118. The molecule has 7 nitrogen and oxygen atoms in total. The molecule has 1 aromatic carbocycles. The largest absolute Gasteiger partial charge is 0.378 e. The summed E-state index contributed by atoms with van der Waals surface area (Å²) >= 11 is 1.49. The van der Waals surface area contributed by atoms with E-state index in [4.69, 9.17) is 4.74 Å². The number of carbonyl (C=O) groups is 1. The first-order valence-electron chi connectivity index (χ1n) is 9.93. The summed E-state index contributed by atoms with van der Waals surface area (Å²) < 4.78 is 7.54. The van der Waals surface area contributed by atoms with Crippen LogP contribution in [0, 0.1) is 0 Å². The molecule has 3 heterocycles. The van der Waals surface area contributed by atoms with E-state index in [9.17, 15) is 4.79 Å². The summed E-state index contributed by atoms with van der Waals surface area (Å²) in [5.74, 6) is 0.994. The Balaban J connectivity index is 1.51. The van der Waals surface area contributed by atoms with Crippen LogP contribution >= 0.6 is 11.8 Å².